The molecule has 1 saturated carbocycles. The van der Waals surface area contributed by atoms with Gasteiger partial charge in [0.1, 0.15) is 0 Å². The van der Waals surface area contributed by atoms with Crippen LogP contribution in [0.25, 0.3) is 0 Å². The van der Waals surface area contributed by atoms with Crippen molar-refractivity contribution in [3.05, 3.63) is 0 Å². The van der Waals surface area contributed by atoms with E-state index in [1.807, 2.05) is 13.8 Å². The normalized spacial score (nSPS) is 23.3. The molecule has 4 heteroatoms. The maximum absolute atomic E-state index is 12.1. The van der Waals surface area contributed by atoms with Crippen LogP contribution in [-0.4, -0.2) is 23.9 Å². The molecular weight excluding hydrogens is 300 g/mol. The molecule has 0 bridgehead atoms. The Morgan fingerprint density at radius 2 is 1.25 bits per heavy atom. The highest BCUT2D eigenvalue weighted by Crippen LogP contribution is 2.48. The number of hydrogen-bond acceptors (Lipinski definition) is 2. The van der Waals surface area contributed by atoms with Crippen LogP contribution in [0.3, 0.4) is 0 Å². The first-order valence-electron chi connectivity index (χ1n) is 9.83. The van der Waals surface area contributed by atoms with Crippen LogP contribution in [0.5, 0.6) is 0 Å². The molecule has 2 atom stereocenters. The highest BCUT2D eigenvalue weighted by Gasteiger charge is 2.45. The standard InChI is InChI=1S/C20H38N2O2/c1-7-9-18(23)21-16-11-17(22-19(24)10-8-2)13-20(12-16,14(3)4)15(5)6/h14-17H,7-13H2,1-6H3,(H,21,23)(H,22,24). The van der Waals surface area contributed by atoms with Crippen LogP contribution >= 0.6 is 0 Å². The molecule has 0 radical (unpaired) electrons. The average Bonchev–Trinajstić information content (AvgIpc) is 2.46. The zero-order valence-electron chi connectivity index (χ0n) is 16.6. The molecular formula is C20H38N2O2. The van der Waals surface area contributed by atoms with E-state index in [1.54, 1.807) is 0 Å². The van der Waals surface area contributed by atoms with Crippen molar-refractivity contribution in [3.8, 4) is 0 Å². The molecule has 0 heterocycles. The summed E-state index contributed by atoms with van der Waals surface area (Å²) < 4.78 is 0. The summed E-state index contributed by atoms with van der Waals surface area (Å²) in [4.78, 5) is 24.2. The molecule has 0 aromatic rings. The predicted molar refractivity (Wildman–Crippen MR) is 99.6 cm³/mol. The van der Waals surface area contributed by atoms with Gasteiger partial charge in [-0.3, -0.25) is 9.59 Å². The van der Waals surface area contributed by atoms with Gasteiger partial charge in [-0.15, -0.1) is 0 Å². The van der Waals surface area contributed by atoms with Crippen LogP contribution in [-0.2, 0) is 9.59 Å². The Labute approximate surface area is 148 Å². The van der Waals surface area contributed by atoms with Gasteiger partial charge >= 0.3 is 0 Å². The number of carbonyl (C=O) groups excluding carboxylic acids is 2. The van der Waals surface area contributed by atoms with E-state index in [1.165, 1.54) is 0 Å². The number of carbonyl (C=O) groups is 2. The van der Waals surface area contributed by atoms with Gasteiger partial charge in [0.15, 0.2) is 0 Å². The molecule has 140 valence electrons. The number of rotatable bonds is 8. The molecule has 2 unspecified atom stereocenters. The summed E-state index contributed by atoms with van der Waals surface area (Å²) >= 11 is 0. The SMILES string of the molecule is CCCC(=O)NC1CC(NC(=O)CCC)CC(C(C)C)(C(C)C)C1. The van der Waals surface area contributed by atoms with Crippen LogP contribution < -0.4 is 10.6 Å². The minimum Gasteiger partial charge on any atom is -0.353 e. The first-order chi connectivity index (χ1) is 11.2. The lowest BCUT2D eigenvalue weighted by Crippen LogP contribution is -2.54. The van der Waals surface area contributed by atoms with E-state index in [4.69, 9.17) is 0 Å². The summed E-state index contributed by atoms with van der Waals surface area (Å²) in [5.74, 6) is 1.33. The molecule has 2 N–H and O–H groups in total. The van der Waals surface area contributed by atoms with Crippen LogP contribution in [0.1, 0.15) is 86.5 Å². The monoisotopic (exact) mass is 338 g/mol. The van der Waals surface area contributed by atoms with Crippen molar-refractivity contribution >= 4 is 11.8 Å². The van der Waals surface area contributed by atoms with Gasteiger partial charge in [-0.25, -0.2) is 0 Å². The van der Waals surface area contributed by atoms with Crippen LogP contribution in [0.4, 0.5) is 0 Å². The summed E-state index contributed by atoms with van der Waals surface area (Å²) in [5.41, 5.74) is 0.159. The molecule has 24 heavy (non-hydrogen) atoms. The fourth-order valence-corrected chi connectivity index (χ4v) is 4.39. The smallest absolute Gasteiger partial charge is 0.220 e. The quantitative estimate of drug-likeness (QED) is 0.702. The van der Waals surface area contributed by atoms with Gasteiger partial charge in [0.25, 0.3) is 0 Å². The lowest BCUT2D eigenvalue weighted by molar-refractivity contribution is -0.123. The highest BCUT2D eigenvalue weighted by atomic mass is 16.2. The summed E-state index contributed by atoms with van der Waals surface area (Å²) in [5, 5.41) is 6.46. The molecule has 1 rings (SSSR count). The van der Waals surface area contributed by atoms with Crippen molar-refractivity contribution in [3.63, 3.8) is 0 Å². The van der Waals surface area contributed by atoms with E-state index in [2.05, 4.69) is 38.3 Å². The predicted octanol–water partition coefficient (Wildman–Crippen LogP) is 4.04. The van der Waals surface area contributed by atoms with Crippen molar-refractivity contribution in [2.24, 2.45) is 17.3 Å². The minimum absolute atomic E-state index is 0.143. The molecule has 1 fully saturated rings. The maximum Gasteiger partial charge on any atom is 0.220 e. The average molecular weight is 339 g/mol. The summed E-state index contributed by atoms with van der Waals surface area (Å²) in [7, 11) is 0. The highest BCUT2D eigenvalue weighted by molar-refractivity contribution is 5.77. The second kappa shape index (κ2) is 9.43. The molecule has 0 aromatic heterocycles. The van der Waals surface area contributed by atoms with Gasteiger partial charge in [0, 0.05) is 24.9 Å². The van der Waals surface area contributed by atoms with E-state index >= 15 is 0 Å². The largest absolute Gasteiger partial charge is 0.353 e. The van der Waals surface area contributed by atoms with Gasteiger partial charge in [0.2, 0.25) is 11.8 Å². The van der Waals surface area contributed by atoms with E-state index in [0.717, 1.165) is 32.1 Å². The second-order valence-corrected chi connectivity index (χ2v) is 8.22. The van der Waals surface area contributed by atoms with Crippen LogP contribution in [0.2, 0.25) is 0 Å². The van der Waals surface area contributed by atoms with Crippen molar-refractivity contribution < 1.29 is 9.59 Å². The van der Waals surface area contributed by atoms with Gasteiger partial charge in [-0.05, 0) is 49.4 Å². The van der Waals surface area contributed by atoms with Crippen molar-refractivity contribution in [1.29, 1.82) is 0 Å². The van der Waals surface area contributed by atoms with Crippen molar-refractivity contribution in [2.75, 3.05) is 0 Å². The van der Waals surface area contributed by atoms with Crippen molar-refractivity contribution in [2.45, 2.75) is 98.6 Å². The molecule has 0 aromatic carbocycles. The van der Waals surface area contributed by atoms with E-state index < -0.39 is 0 Å². The van der Waals surface area contributed by atoms with Crippen molar-refractivity contribution in [1.82, 2.24) is 10.6 Å². The Hall–Kier alpha value is -1.06. The minimum atomic E-state index is 0.143. The topological polar surface area (TPSA) is 58.2 Å². The molecule has 0 aliphatic heterocycles. The summed E-state index contributed by atoms with van der Waals surface area (Å²) in [6.45, 7) is 13.2. The Kier molecular flexibility index (Phi) is 8.24. The van der Waals surface area contributed by atoms with Gasteiger partial charge in [-0.2, -0.15) is 0 Å². The Bertz CT molecular complexity index is 380. The third kappa shape index (κ3) is 5.49. The zero-order valence-corrected chi connectivity index (χ0v) is 16.6. The molecule has 0 spiro atoms. The first kappa shape index (κ1) is 21.0. The zero-order chi connectivity index (χ0) is 18.3. The van der Waals surface area contributed by atoms with E-state index in [9.17, 15) is 9.59 Å². The molecule has 0 saturated heterocycles. The molecule has 2 amide bonds. The summed E-state index contributed by atoms with van der Waals surface area (Å²) in [6, 6.07) is 0.323. The molecule has 4 nitrogen and oxygen atoms in total. The Morgan fingerprint density at radius 1 is 0.875 bits per heavy atom. The molecule has 1 aliphatic rings. The number of hydrogen-bond donors (Lipinski definition) is 2. The van der Waals surface area contributed by atoms with Crippen LogP contribution in [0, 0.1) is 17.3 Å². The Morgan fingerprint density at radius 3 is 1.54 bits per heavy atom. The Balaban J connectivity index is 2.92. The third-order valence-electron chi connectivity index (χ3n) is 5.81. The van der Waals surface area contributed by atoms with Gasteiger partial charge in [0.05, 0.1) is 0 Å². The maximum atomic E-state index is 12.1. The first-order valence-corrected chi connectivity index (χ1v) is 9.83. The molecule has 1 aliphatic carbocycles. The van der Waals surface area contributed by atoms with E-state index in [0.29, 0.717) is 24.7 Å². The van der Waals surface area contributed by atoms with E-state index in [-0.39, 0.29) is 29.3 Å². The lowest BCUT2D eigenvalue weighted by Gasteiger charge is -2.50. The number of amides is 2. The second-order valence-electron chi connectivity index (χ2n) is 8.22. The lowest BCUT2D eigenvalue weighted by atomic mass is 9.58. The van der Waals surface area contributed by atoms with Gasteiger partial charge in [-0.1, -0.05) is 41.5 Å². The summed E-state index contributed by atoms with van der Waals surface area (Å²) in [6.07, 6.45) is 5.78. The fourth-order valence-electron chi connectivity index (χ4n) is 4.39. The van der Waals surface area contributed by atoms with Gasteiger partial charge < -0.3 is 10.6 Å². The third-order valence-corrected chi connectivity index (χ3v) is 5.81. The fraction of sp³-hybridized carbons (Fsp3) is 0.900. The number of nitrogens with one attached hydrogen (secondary N) is 2. The van der Waals surface area contributed by atoms with Crippen LogP contribution in [0.15, 0.2) is 0 Å².